The molecule has 2 aromatic carbocycles. The van der Waals surface area contributed by atoms with E-state index in [4.69, 9.17) is 5.14 Å². The van der Waals surface area contributed by atoms with Crippen molar-refractivity contribution in [3.63, 3.8) is 0 Å². The van der Waals surface area contributed by atoms with Crippen molar-refractivity contribution in [3.05, 3.63) is 54.1 Å². The van der Waals surface area contributed by atoms with Crippen molar-refractivity contribution in [2.24, 2.45) is 5.14 Å². The minimum Gasteiger partial charge on any atom is -0.319 e. The molecule has 0 aliphatic heterocycles. The Bertz CT molecular complexity index is 1090. The first kappa shape index (κ1) is 20.6. The van der Waals surface area contributed by atoms with E-state index in [0.29, 0.717) is 10.7 Å². The number of hydrogen-bond acceptors (Lipinski definition) is 5. The number of sulfonamides is 1. The molecule has 0 saturated heterocycles. The number of fused-ring (bicyclic) bond motifs is 1. The zero-order valence-corrected chi connectivity index (χ0v) is 17.5. The number of rotatable bonds is 8. The lowest BCUT2D eigenvalue weighted by Gasteiger charge is -2.15. The number of benzene rings is 2. The molecule has 6 nitrogen and oxygen atoms in total. The summed E-state index contributed by atoms with van der Waals surface area (Å²) in [7, 11) is -3.80. The summed E-state index contributed by atoms with van der Waals surface area (Å²) < 4.78 is 25.4. The molecule has 0 bridgehead atoms. The molecule has 0 radical (unpaired) electrons. The summed E-state index contributed by atoms with van der Waals surface area (Å²) in [4.78, 5) is 17.0. The average molecular weight is 418 g/mol. The zero-order chi connectivity index (χ0) is 20.3. The number of unbranched alkanes of at least 4 members (excludes halogenated alkanes) is 1. The van der Waals surface area contributed by atoms with E-state index in [1.807, 2.05) is 30.3 Å². The van der Waals surface area contributed by atoms with Crippen LogP contribution in [0.2, 0.25) is 0 Å². The molecule has 0 spiro atoms. The highest BCUT2D eigenvalue weighted by atomic mass is 32.2. The third-order valence-electron chi connectivity index (χ3n) is 4.44. The number of Topliss-reactive ketones (excluding diaryl/α,β-unsaturated/α-hetero) is 1. The van der Waals surface area contributed by atoms with Crippen LogP contribution in [0, 0.1) is 0 Å². The lowest BCUT2D eigenvalue weighted by Crippen LogP contribution is -2.11. The third kappa shape index (κ3) is 4.45. The van der Waals surface area contributed by atoms with Crippen LogP contribution in [0.15, 0.2) is 58.6 Å². The highest BCUT2D eigenvalue weighted by Gasteiger charge is 2.23. The van der Waals surface area contributed by atoms with Crippen molar-refractivity contribution in [3.8, 4) is 0 Å². The van der Waals surface area contributed by atoms with Crippen LogP contribution in [0.25, 0.3) is 11.0 Å². The van der Waals surface area contributed by atoms with E-state index in [0.717, 1.165) is 30.5 Å². The minimum atomic E-state index is -3.80. The van der Waals surface area contributed by atoms with Gasteiger partial charge in [-0.15, -0.1) is 0 Å². The predicted octanol–water partition coefficient (Wildman–Crippen LogP) is 3.91. The molecule has 1 atom stereocenters. The highest BCUT2D eigenvalue weighted by molar-refractivity contribution is 8.00. The van der Waals surface area contributed by atoms with Gasteiger partial charge in [-0.05, 0) is 37.1 Å². The Morgan fingerprint density at radius 1 is 1.21 bits per heavy atom. The van der Waals surface area contributed by atoms with E-state index in [1.165, 1.54) is 23.9 Å². The van der Waals surface area contributed by atoms with Gasteiger partial charge in [-0.2, -0.15) is 0 Å². The highest BCUT2D eigenvalue weighted by Crippen LogP contribution is 2.37. The molecule has 0 amide bonds. The molecular weight excluding hydrogens is 394 g/mol. The summed E-state index contributed by atoms with van der Waals surface area (Å²) in [5.41, 5.74) is 2.30. The summed E-state index contributed by atoms with van der Waals surface area (Å²) in [5.74, 6) is 0.0375. The van der Waals surface area contributed by atoms with Crippen molar-refractivity contribution in [2.45, 2.75) is 48.5 Å². The van der Waals surface area contributed by atoms with Gasteiger partial charge in [-0.25, -0.2) is 18.5 Å². The topological polar surface area (TPSA) is 95.0 Å². The van der Waals surface area contributed by atoms with E-state index in [9.17, 15) is 13.2 Å². The van der Waals surface area contributed by atoms with E-state index in [-0.39, 0.29) is 15.9 Å². The largest absolute Gasteiger partial charge is 0.319 e. The van der Waals surface area contributed by atoms with E-state index in [2.05, 4.69) is 16.5 Å². The summed E-state index contributed by atoms with van der Waals surface area (Å²) in [5, 5.41) is 5.57. The fraction of sp³-hybridized carbons (Fsp3) is 0.300. The van der Waals surface area contributed by atoms with Crippen LogP contribution in [0.1, 0.15) is 37.5 Å². The molecule has 148 valence electrons. The van der Waals surface area contributed by atoms with Crippen LogP contribution in [-0.4, -0.2) is 23.8 Å². The van der Waals surface area contributed by atoms with Crippen LogP contribution in [-0.2, 0) is 21.4 Å². The fourth-order valence-corrected chi connectivity index (χ4v) is 4.68. The molecule has 3 rings (SSSR count). The number of imidazole rings is 1. The maximum atomic E-state index is 12.3. The Labute approximate surface area is 169 Å². The van der Waals surface area contributed by atoms with Gasteiger partial charge in [-0.3, -0.25) is 4.79 Å². The molecule has 0 aliphatic carbocycles. The number of aryl methyl sites for hydroxylation is 1. The van der Waals surface area contributed by atoms with Crippen molar-refractivity contribution in [2.75, 3.05) is 0 Å². The predicted molar refractivity (Wildman–Crippen MR) is 112 cm³/mol. The Balaban J connectivity index is 2.08. The molecule has 0 fully saturated rings. The molecule has 1 unspecified atom stereocenters. The van der Waals surface area contributed by atoms with Crippen molar-refractivity contribution in [1.82, 2.24) is 9.55 Å². The zero-order valence-electron chi connectivity index (χ0n) is 15.8. The molecule has 0 aliphatic rings. The molecular formula is C20H23N3O3S2. The smallest absolute Gasteiger partial charge is 0.238 e. The lowest BCUT2D eigenvalue weighted by atomic mass is 10.1. The van der Waals surface area contributed by atoms with Crippen molar-refractivity contribution in [1.29, 1.82) is 0 Å². The Morgan fingerprint density at radius 2 is 1.93 bits per heavy atom. The van der Waals surface area contributed by atoms with Gasteiger partial charge in [0.1, 0.15) is 5.78 Å². The number of primary sulfonamides is 1. The molecule has 1 heterocycles. The summed E-state index contributed by atoms with van der Waals surface area (Å²) in [6.07, 6.45) is 1.96. The minimum absolute atomic E-state index is 0.0304. The molecule has 1 aromatic heterocycles. The van der Waals surface area contributed by atoms with Gasteiger partial charge in [0, 0.05) is 6.54 Å². The second kappa shape index (κ2) is 8.46. The fourth-order valence-electron chi connectivity index (χ4n) is 3.01. The first-order chi connectivity index (χ1) is 13.3. The molecule has 3 aromatic rings. The van der Waals surface area contributed by atoms with Crippen LogP contribution in [0.4, 0.5) is 0 Å². The maximum Gasteiger partial charge on any atom is 0.238 e. The second-order valence-corrected chi connectivity index (χ2v) is 9.25. The van der Waals surface area contributed by atoms with Gasteiger partial charge in [0.2, 0.25) is 10.0 Å². The van der Waals surface area contributed by atoms with E-state index >= 15 is 0 Å². The number of nitrogens with two attached hydrogens (primary N) is 1. The van der Waals surface area contributed by atoms with Crippen LogP contribution in [0.5, 0.6) is 0 Å². The monoisotopic (exact) mass is 417 g/mol. The SMILES string of the molecule is CCCCn1c(SC(C(C)=O)c2ccccc2)nc2cc(S(N)(=O)=O)ccc21. The summed E-state index contributed by atoms with van der Waals surface area (Å²) in [6.45, 7) is 4.42. The third-order valence-corrected chi connectivity index (χ3v) is 6.72. The lowest BCUT2D eigenvalue weighted by molar-refractivity contribution is -0.116. The first-order valence-electron chi connectivity index (χ1n) is 9.06. The Hall–Kier alpha value is -2.16. The summed E-state index contributed by atoms with van der Waals surface area (Å²) in [6, 6.07) is 14.3. The summed E-state index contributed by atoms with van der Waals surface area (Å²) >= 11 is 1.39. The number of carbonyl (C=O) groups excluding carboxylic acids is 1. The van der Waals surface area contributed by atoms with Gasteiger partial charge in [0.15, 0.2) is 5.16 Å². The van der Waals surface area contributed by atoms with Gasteiger partial charge in [0.25, 0.3) is 0 Å². The van der Waals surface area contributed by atoms with E-state index in [1.54, 1.807) is 13.0 Å². The normalized spacial score (nSPS) is 13.0. The van der Waals surface area contributed by atoms with Crippen LogP contribution >= 0.6 is 11.8 Å². The first-order valence-corrected chi connectivity index (χ1v) is 11.5. The van der Waals surface area contributed by atoms with Gasteiger partial charge >= 0.3 is 0 Å². The van der Waals surface area contributed by atoms with Crippen molar-refractivity contribution >= 4 is 38.6 Å². The molecule has 8 heteroatoms. The van der Waals surface area contributed by atoms with Crippen molar-refractivity contribution < 1.29 is 13.2 Å². The average Bonchev–Trinajstić information content (AvgIpc) is 3.00. The number of aromatic nitrogens is 2. The van der Waals surface area contributed by atoms with Crippen LogP contribution in [0.3, 0.4) is 0 Å². The quantitative estimate of drug-likeness (QED) is 0.561. The molecule has 2 N–H and O–H groups in total. The number of nitrogens with zero attached hydrogens (tertiary/aromatic N) is 2. The maximum absolute atomic E-state index is 12.3. The standard InChI is InChI=1S/C20H23N3O3S2/c1-3-4-12-23-18-11-10-16(28(21,25)26)13-17(18)22-20(23)27-19(14(2)24)15-8-6-5-7-9-15/h5-11,13,19H,3-4,12H2,1-2H3,(H2,21,25,26). The number of hydrogen-bond donors (Lipinski definition) is 1. The van der Waals surface area contributed by atoms with Gasteiger partial charge < -0.3 is 4.57 Å². The number of carbonyl (C=O) groups is 1. The second-order valence-electron chi connectivity index (χ2n) is 6.61. The van der Waals surface area contributed by atoms with Gasteiger partial charge in [0.05, 0.1) is 21.2 Å². The number of thioether (sulfide) groups is 1. The van der Waals surface area contributed by atoms with Gasteiger partial charge in [-0.1, -0.05) is 55.4 Å². The Morgan fingerprint density at radius 3 is 2.54 bits per heavy atom. The molecule has 0 saturated carbocycles. The van der Waals surface area contributed by atoms with E-state index < -0.39 is 10.0 Å². The van der Waals surface area contributed by atoms with Crippen LogP contribution < -0.4 is 5.14 Å². The molecule has 28 heavy (non-hydrogen) atoms. The Kier molecular flexibility index (Phi) is 6.22. The number of ketones is 1.